The molecule has 0 bridgehead atoms. The summed E-state index contributed by atoms with van der Waals surface area (Å²) in [4.78, 5) is 2.44. The monoisotopic (exact) mass is 316 g/mol. The van der Waals surface area contributed by atoms with E-state index in [1.807, 2.05) is 12.1 Å². The van der Waals surface area contributed by atoms with E-state index in [0.29, 0.717) is 10.0 Å². The largest absolute Gasteiger partial charge is 0.322 e. The molecule has 0 spiro atoms. The summed E-state index contributed by atoms with van der Waals surface area (Å²) >= 11 is 12.5. The minimum Gasteiger partial charge on any atom is -0.322 e. The van der Waals surface area contributed by atoms with Crippen LogP contribution in [-0.4, -0.2) is 23.5 Å². The van der Waals surface area contributed by atoms with Gasteiger partial charge in [0.1, 0.15) is 0 Å². The summed E-state index contributed by atoms with van der Waals surface area (Å²) in [5.74, 6) is 0. The number of rotatable bonds is 7. The molecule has 0 fully saturated rings. The number of likely N-dealkylation sites (N-methyl/N-ethyl adjacent to an activating group) is 1. The highest BCUT2D eigenvalue weighted by molar-refractivity contribution is 6.33. The lowest BCUT2D eigenvalue weighted by Crippen LogP contribution is -2.54. The van der Waals surface area contributed by atoms with Gasteiger partial charge in [-0.2, -0.15) is 0 Å². The fraction of sp³-hybridized carbons (Fsp3) is 0.625. The molecule has 0 aromatic heterocycles. The van der Waals surface area contributed by atoms with Crippen LogP contribution in [0.25, 0.3) is 0 Å². The topological polar surface area (TPSA) is 29.3 Å². The van der Waals surface area contributed by atoms with E-state index < -0.39 is 0 Å². The first kappa shape index (κ1) is 17.8. The molecule has 2 nitrogen and oxygen atoms in total. The summed E-state index contributed by atoms with van der Waals surface area (Å²) < 4.78 is 0. The van der Waals surface area contributed by atoms with Crippen molar-refractivity contribution in [3.63, 3.8) is 0 Å². The van der Waals surface area contributed by atoms with E-state index in [4.69, 9.17) is 28.9 Å². The van der Waals surface area contributed by atoms with Gasteiger partial charge in [0.25, 0.3) is 0 Å². The third-order valence-corrected chi connectivity index (χ3v) is 5.07. The van der Waals surface area contributed by atoms with Crippen LogP contribution in [0.5, 0.6) is 0 Å². The zero-order valence-electron chi connectivity index (χ0n) is 12.9. The van der Waals surface area contributed by atoms with Crippen LogP contribution in [-0.2, 0) is 0 Å². The van der Waals surface area contributed by atoms with Crippen molar-refractivity contribution in [2.24, 2.45) is 5.73 Å². The van der Waals surface area contributed by atoms with Gasteiger partial charge >= 0.3 is 0 Å². The SMILES string of the molecule is CCN(CC)C(CC)(CC)C(N)c1cc(Cl)ccc1Cl. The van der Waals surface area contributed by atoms with Crippen molar-refractivity contribution in [3.8, 4) is 0 Å². The molecular formula is C16H26Cl2N2. The van der Waals surface area contributed by atoms with E-state index in [2.05, 4.69) is 32.6 Å². The summed E-state index contributed by atoms with van der Waals surface area (Å²) in [6.45, 7) is 10.7. The molecular weight excluding hydrogens is 291 g/mol. The van der Waals surface area contributed by atoms with Crippen LogP contribution in [0.2, 0.25) is 10.0 Å². The zero-order chi connectivity index (χ0) is 15.3. The van der Waals surface area contributed by atoms with E-state index in [1.54, 1.807) is 6.07 Å². The quantitative estimate of drug-likeness (QED) is 0.775. The van der Waals surface area contributed by atoms with Crippen molar-refractivity contribution in [3.05, 3.63) is 33.8 Å². The fourth-order valence-electron chi connectivity index (χ4n) is 3.23. The van der Waals surface area contributed by atoms with Crippen molar-refractivity contribution < 1.29 is 0 Å². The Kier molecular flexibility index (Phi) is 6.80. The first-order valence-electron chi connectivity index (χ1n) is 7.42. The molecule has 0 saturated heterocycles. The van der Waals surface area contributed by atoms with E-state index in [9.17, 15) is 0 Å². The normalized spacial score (nSPS) is 13.8. The van der Waals surface area contributed by atoms with E-state index in [-0.39, 0.29) is 11.6 Å². The number of nitrogens with zero attached hydrogens (tertiary/aromatic N) is 1. The van der Waals surface area contributed by atoms with Crippen LogP contribution in [0, 0.1) is 0 Å². The van der Waals surface area contributed by atoms with Crippen molar-refractivity contribution in [1.29, 1.82) is 0 Å². The Morgan fingerprint density at radius 2 is 1.65 bits per heavy atom. The molecule has 0 aliphatic rings. The third kappa shape index (κ3) is 3.30. The molecule has 1 aromatic rings. The van der Waals surface area contributed by atoms with Crippen LogP contribution >= 0.6 is 23.2 Å². The summed E-state index contributed by atoms with van der Waals surface area (Å²) in [5.41, 5.74) is 7.49. The maximum atomic E-state index is 6.63. The van der Waals surface area contributed by atoms with E-state index >= 15 is 0 Å². The average Bonchev–Trinajstić information content (AvgIpc) is 2.46. The Morgan fingerprint density at radius 3 is 2.10 bits per heavy atom. The molecule has 0 aliphatic carbocycles. The van der Waals surface area contributed by atoms with Crippen molar-refractivity contribution in [2.45, 2.75) is 52.1 Å². The number of hydrogen-bond donors (Lipinski definition) is 1. The highest BCUT2D eigenvalue weighted by Crippen LogP contribution is 2.39. The lowest BCUT2D eigenvalue weighted by Gasteiger charge is -2.47. The van der Waals surface area contributed by atoms with Crippen LogP contribution in [0.15, 0.2) is 18.2 Å². The highest BCUT2D eigenvalue weighted by Gasteiger charge is 2.39. The van der Waals surface area contributed by atoms with Crippen molar-refractivity contribution >= 4 is 23.2 Å². The number of nitrogens with two attached hydrogens (primary N) is 1. The number of halogens is 2. The molecule has 1 atom stereocenters. The van der Waals surface area contributed by atoms with Gasteiger partial charge in [-0.05, 0) is 49.7 Å². The molecule has 0 radical (unpaired) electrons. The zero-order valence-corrected chi connectivity index (χ0v) is 14.4. The Morgan fingerprint density at radius 1 is 1.10 bits per heavy atom. The minimum atomic E-state index is -0.149. The molecule has 0 saturated carbocycles. The molecule has 0 aliphatic heterocycles. The first-order valence-corrected chi connectivity index (χ1v) is 8.17. The summed E-state index contributed by atoms with van der Waals surface area (Å²) in [7, 11) is 0. The standard InChI is InChI=1S/C16H26Cl2N2/c1-5-16(6-2,20(7-3)8-4)15(19)13-11-12(17)9-10-14(13)18/h9-11,15H,5-8,19H2,1-4H3. The van der Waals surface area contributed by atoms with Gasteiger partial charge in [0.2, 0.25) is 0 Å². The van der Waals surface area contributed by atoms with Crippen LogP contribution in [0.3, 0.4) is 0 Å². The molecule has 0 heterocycles. The molecule has 4 heteroatoms. The maximum absolute atomic E-state index is 6.63. The Balaban J connectivity index is 3.29. The van der Waals surface area contributed by atoms with Gasteiger partial charge in [-0.3, -0.25) is 4.90 Å². The number of benzene rings is 1. The molecule has 20 heavy (non-hydrogen) atoms. The van der Waals surface area contributed by atoms with Crippen LogP contribution in [0.1, 0.15) is 52.1 Å². The molecule has 114 valence electrons. The van der Waals surface area contributed by atoms with Crippen LogP contribution in [0.4, 0.5) is 0 Å². The van der Waals surface area contributed by atoms with Gasteiger partial charge in [0.05, 0.1) is 0 Å². The predicted octanol–water partition coefficient (Wildman–Crippen LogP) is 4.89. The maximum Gasteiger partial charge on any atom is 0.0497 e. The summed E-state index contributed by atoms with van der Waals surface area (Å²) in [6.07, 6.45) is 1.96. The Labute approximate surface area is 133 Å². The lowest BCUT2D eigenvalue weighted by atomic mass is 9.79. The smallest absolute Gasteiger partial charge is 0.0497 e. The minimum absolute atomic E-state index is 0.0855. The second-order valence-corrected chi connectivity index (χ2v) is 5.97. The average molecular weight is 317 g/mol. The van der Waals surface area contributed by atoms with Gasteiger partial charge in [-0.1, -0.05) is 50.9 Å². The van der Waals surface area contributed by atoms with Gasteiger partial charge in [0.15, 0.2) is 0 Å². The number of hydrogen-bond acceptors (Lipinski definition) is 2. The molecule has 1 aromatic carbocycles. The van der Waals surface area contributed by atoms with Gasteiger partial charge < -0.3 is 5.73 Å². The Bertz CT molecular complexity index is 426. The third-order valence-electron chi connectivity index (χ3n) is 4.49. The van der Waals surface area contributed by atoms with Gasteiger partial charge in [-0.25, -0.2) is 0 Å². The van der Waals surface area contributed by atoms with Crippen LogP contribution < -0.4 is 5.73 Å². The highest BCUT2D eigenvalue weighted by atomic mass is 35.5. The van der Waals surface area contributed by atoms with Crippen molar-refractivity contribution in [1.82, 2.24) is 4.90 Å². The van der Waals surface area contributed by atoms with Gasteiger partial charge in [0, 0.05) is 21.6 Å². The predicted molar refractivity (Wildman–Crippen MR) is 89.6 cm³/mol. The lowest BCUT2D eigenvalue weighted by molar-refractivity contribution is 0.0625. The molecule has 1 unspecified atom stereocenters. The summed E-state index contributed by atoms with van der Waals surface area (Å²) in [5, 5.41) is 1.38. The summed E-state index contributed by atoms with van der Waals surface area (Å²) in [6, 6.07) is 5.38. The second kappa shape index (κ2) is 7.65. The van der Waals surface area contributed by atoms with E-state index in [1.165, 1.54) is 0 Å². The molecule has 0 amide bonds. The molecule has 1 rings (SSSR count). The molecule has 2 N–H and O–H groups in total. The fourth-order valence-corrected chi connectivity index (χ4v) is 3.65. The Hall–Kier alpha value is -0.280. The van der Waals surface area contributed by atoms with E-state index in [0.717, 1.165) is 31.5 Å². The first-order chi connectivity index (χ1) is 9.46. The second-order valence-electron chi connectivity index (χ2n) is 5.13. The van der Waals surface area contributed by atoms with Gasteiger partial charge in [-0.15, -0.1) is 0 Å². The van der Waals surface area contributed by atoms with Crippen molar-refractivity contribution in [2.75, 3.05) is 13.1 Å².